The number of hydrogen-bond donors (Lipinski definition) is 4. The molecule has 4 N–H and O–H groups in total. The van der Waals surface area contributed by atoms with Gasteiger partial charge in [0.15, 0.2) is 0 Å². The van der Waals surface area contributed by atoms with Crippen LogP contribution in [0.25, 0.3) is 0 Å². The molecule has 0 aliphatic heterocycles. The lowest BCUT2D eigenvalue weighted by Gasteiger charge is -2.22. The molecule has 0 aromatic heterocycles. The van der Waals surface area contributed by atoms with E-state index in [2.05, 4.69) is 0 Å². The molecule has 0 aliphatic carbocycles. The van der Waals surface area contributed by atoms with Gasteiger partial charge in [0, 0.05) is 5.92 Å². The Kier molecular flexibility index (Phi) is 5.41. The molecule has 0 heterocycles. The molecule has 2 atom stereocenters. The third kappa shape index (κ3) is 3.16. The molecule has 0 spiro atoms. The number of aliphatic hydroxyl groups excluding tert-OH is 4. The lowest BCUT2D eigenvalue weighted by atomic mass is 9.98. The zero-order valence-electron chi connectivity index (χ0n) is 6.64. The summed E-state index contributed by atoms with van der Waals surface area (Å²) < 4.78 is 0. The predicted molar refractivity (Wildman–Crippen MR) is 40.0 cm³/mol. The first-order valence-electron chi connectivity index (χ1n) is 3.75. The zero-order valence-corrected chi connectivity index (χ0v) is 6.64. The second-order valence-corrected chi connectivity index (χ2v) is 2.59. The molecule has 0 amide bonds. The van der Waals surface area contributed by atoms with Crippen LogP contribution in [0, 0.1) is 5.92 Å². The highest BCUT2D eigenvalue weighted by molar-refractivity contribution is 4.73. The van der Waals surface area contributed by atoms with Crippen molar-refractivity contribution in [3.8, 4) is 0 Å². The van der Waals surface area contributed by atoms with Gasteiger partial charge < -0.3 is 20.4 Å². The van der Waals surface area contributed by atoms with E-state index >= 15 is 0 Å². The van der Waals surface area contributed by atoms with Gasteiger partial charge in [0.25, 0.3) is 0 Å². The molecule has 4 heteroatoms. The molecule has 0 saturated heterocycles. The van der Waals surface area contributed by atoms with Crippen LogP contribution < -0.4 is 0 Å². The van der Waals surface area contributed by atoms with E-state index in [0.717, 1.165) is 0 Å². The van der Waals surface area contributed by atoms with Crippen molar-refractivity contribution in [2.75, 3.05) is 13.2 Å². The molecular formula is C7H16O4. The molecule has 0 rings (SSSR count). The fraction of sp³-hybridized carbons (Fsp3) is 1.00. The quantitative estimate of drug-likeness (QED) is 0.408. The van der Waals surface area contributed by atoms with Crippen LogP contribution in [0.2, 0.25) is 0 Å². The third-order valence-electron chi connectivity index (χ3n) is 1.76. The Hall–Kier alpha value is -0.160. The minimum atomic E-state index is -1.03. The van der Waals surface area contributed by atoms with Gasteiger partial charge in [-0.05, 0) is 6.42 Å². The lowest BCUT2D eigenvalue weighted by Crippen LogP contribution is -2.36. The van der Waals surface area contributed by atoms with Gasteiger partial charge in [0.05, 0.1) is 25.4 Å². The Morgan fingerprint density at radius 3 is 1.82 bits per heavy atom. The molecule has 4 nitrogen and oxygen atoms in total. The molecule has 0 saturated carbocycles. The average Bonchev–Trinajstić information content (AvgIpc) is 2.05. The molecule has 0 aromatic rings. The maximum atomic E-state index is 9.21. The van der Waals surface area contributed by atoms with Crippen molar-refractivity contribution in [1.82, 2.24) is 0 Å². The standard InChI is InChI=1S/C7H16O4/c1-2-6(10)7(11)5(3-8)4-9/h5-11H,2-4H2,1H3. The van der Waals surface area contributed by atoms with Gasteiger partial charge in [0.1, 0.15) is 0 Å². The van der Waals surface area contributed by atoms with Crippen molar-refractivity contribution in [2.24, 2.45) is 5.92 Å². The van der Waals surface area contributed by atoms with Gasteiger partial charge in [-0.15, -0.1) is 0 Å². The molecule has 2 unspecified atom stereocenters. The summed E-state index contributed by atoms with van der Waals surface area (Å²) in [6.07, 6.45) is -1.48. The zero-order chi connectivity index (χ0) is 8.85. The molecular weight excluding hydrogens is 148 g/mol. The Labute approximate surface area is 66.1 Å². The molecule has 68 valence electrons. The highest BCUT2D eigenvalue weighted by atomic mass is 16.3. The first kappa shape index (κ1) is 10.8. The topological polar surface area (TPSA) is 80.9 Å². The van der Waals surface area contributed by atoms with Gasteiger partial charge in [0.2, 0.25) is 0 Å². The SMILES string of the molecule is CCC(O)C(O)C(CO)CO. The monoisotopic (exact) mass is 164 g/mol. The highest BCUT2D eigenvalue weighted by Crippen LogP contribution is 2.08. The summed E-state index contributed by atoms with van der Waals surface area (Å²) in [6, 6.07) is 0. The van der Waals surface area contributed by atoms with Crippen molar-refractivity contribution in [3.63, 3.8) is 0 Å². The van der Waals surface area contributed by atoms with Gasteiger partial charge in [-0.3, -0.25) is 0 Å². The molecule has 0 bridgehead atoms. The number of rotatable bonds is 5. The van der Waals surface area contributed by atoms with Crippen LogP contribution in [0.5, 0.6) is 0 Å². The van der Waals surface area contributed by atoms with Gasteiger partial charge >= 0.3 is 0 Å². The summed E-state index contributed by atoms with van der Waals surface area (Å²) in [7, 11) is 0. The highest BCUT2D eigenvalue weighted by Gasteiger charge is 2.23. The molecule has 0 aromatic carbocycles. The number of hydrogen-bond acceptors (Lipinski definition) is 4. The minimum absolute atomic E-state index is 0.311. The summed E-state index contributed by atoms with van der Waals surface area (Å²) in [5.74, 6) is -0.634. The van der Waals surface area contributed by atoms with Gasteiger partial charge in [-0.1, -0.05) is 6.92 Å². The van der Waals surface area contributed by atoms with E-state index in [0.29, 0.717) is 6.42 Å². The number of aliphatic hydroxyl groups is 4. The van der Waals surface area contributed by atoms with E-state index in [-0.39, 0.29) is 13.2 Å². The van der Waals surface area contributed by atoms with Crippen LogP contribution in [-0.2, 0) is 0 Å². The largest absolute Gasteiger partial charge is 0.396 e. The van der Waals surface area contributed by atoms with Crippen molar-refractivity contribution in [2.45, 2.75) is 25.6 Å². The van der Waals surface area contributed by atoms with Crippen LogP contribution in [-0.4, -0.2) is 45.8 Å². The van der Waals surface area contributed by atoms with E-state index in [1.807, 2.05) is 0 Å². The predicted octanol–water partition coefficient (Wildman–Crippen LogP) is -1.28. The van der Waals surface area contributed by atoms with Crippen LogP contribution >= 0.6 is 0 Å². The maximum absolute atomic E-state index is 9.21. The van der Waals surface area contributed by atoms with Crippen LogP contribution in [0.4, 0.5) is 0 Å². The van der Waals surface area contributed by atoms with Crippen LogP contribution in [0.1, 0.15) is 13.3 Å². The second-order valence-electron chi connectivity index (χ2n) is 2.59. The molecule has 0 aliphatic rings. The third-order valence-corrected chi connectivity index (χ3v) is 1.76. The Bertz CT molecular complexity index is 92.4. The van der Waals surface area contributed by atoms with E-state index in [4.69, 9.17) is 15.3 Å². The first-order chi connectivity index (χ1) is 5.17. The van der Waals surface area contributed by atoms with Crippen molar-refractivity contribution < 1.29 is 20.4 Å². The molecule has 0 fully saturated rings. The van der Waals surface area contributed by atoms with Gasteiger partial charge in [-0.25, -0.2) is 0 Å². The maximum Gasteiger partial charge on any atom is 0.0870 e. The summed E-state index contributed by atoms with van der Waals surface area (Å²) in [4.78, 5) is 0. The Balaban J connectivity index is 3.86. The van der Waals surface area contributed by atoms with E-state index in [1.165, 1.54) is 0 Å². The first-order valence-corrected chi connectivity index (χ1v) is 3.75. The van der Waals surface area contributed by atoms with Crippen molar-refractivity contribution in [3.05, 3.63) is 0 Å². The molecule has 11 heavy (non-hydrogen) atoms. The van der Waals surface area contributed by atoms with E-state index in [9.17, 15) is 5.11 Å². The fourth-order valence-electron chi connectivity index (χ4n) is 0.829. The Morgan fingerprint density at radius 1 is 1.09 bits per heavy atom. The summed E-state index contributed by atoms with van der Waals surface area (Å²) in [5.41, 5.74) is 0. The van der Waals surface area contributed by atoms with Crippen LogP contribution in [0.3, 0.4) is 0 Å². The smallest absolute Gasteiger partial charge is 0.0870 e. The average molecular weight is 164 g/mol. The van der Waals surface area contributed by atoms with E-state index in [1.54, 1.807) is 6.92 Å². The van der Waals surface area contributed by atoms with Crippen LogP contribution in [0.15, 0.2) is 0 Å². The Morgan fingerprint density at radius 2 is 1.55 bits per heavy atom. The summed E-state index contributed by atoms with van der Waals surface area (Å²) in [5, 5.41) is 35.5. The lowest BCUT2D eigenvalue weighted by molar-refractivity contribution is -0.0488. The fourth-order valence-corrected chi connectivity index (χ4v) is 0.829. The van der Waals surface area contributed by atoms with E-state index < -0.39 is 18.1 Å². The summed E-state index contributed by atoms with van der Waals surface area (Å²) >= 11 is 0. The second kappa shape index (κ2) is 5.49. The summed E-state index contributed by atoms with van der Waals surface area (Å²) in [6.45, 7) is 1.10. The van der Waals surface area contributed by atoms with Crippen molar-refractivity contribution >= 4 is 0 Å². The van der Waals surface area contributed by atoms with Crippen molar-refractivity contribution in [1.29, 1.82) is 0 Å². The van der Waals surface area contributed by atoms with Gasteiger partial charge in [-0.2, -0.15) is 0 Å². The molecule has 0 radical (unpaired) electrons. The minimum Gasteiger partial charge on any atom is -0.396 e. The normalized spacial score (nSPS) is 16.9.